The van der Waals surface area contributed by atoms with E-state index in [0.717, 1.165) is 47.5 Å². The van der Waals surface area contributed by atoms with E-state index in [1.54, 1.807) is 11.8 Å². The number of aryl methyl sites for hydroxylation is 2. The Kier molecular flexibility index (Phi) is 5.11. The Balaban J connectivity index is 1.56. The van der Waals surface area contributed by atoms with Crippen molar-refractivity contribution in [2.45, 2.75) is 49.7 Å². The smallest absolute Gasteiger partial charge is 0.262 e. The highest BCUT2D eigenvalue weighted by Crippen LogP contribution is 2.32. The van der Waals surface area contributed by atoms with E-state index in [9.17, 15) is 4.79 Å². The lowest BCUT2D eigenvalue weighted by Crippen LogP contribution is -2.26. The average molecular weight is 369 g/mol. The minimum atomic E-state index is 0.122. The molecule has 0 radical (unpaired) electrons. The molecule has 0 saturated heterocycles. The van der Waals surface area contributed by atoms with E-state index in [4.69, 9.17) is 4.98 Å². The number of rotatable bonds is 6. The molecule has 0 N–H and O–H groups in total. The Labute approximate surface area is 157 Å². The fourth-order valence-corrected chi connectivity index (χ4v) is 4.76. The van der Waals surface area contributed by atoms with Gasteiger partial charge in [-0.25, -0.2) is 4.98 Å². The van der Waals surface area contributed by atoms with Gasteiger partial charge in [0.2, 0.25) is 0 Å². The van der Waals surface area contributed by atoms with Gasteiger partial charge in [-0.05, 0) is 43.4 Å². The molecule has 4 rings (SSSR count). The van der Waals surface area contributed by atoms with Crippen LogP contribution < -0.4 is 5.56 Å². The van der Waals surface area contributed by atoms with E-state index in [2.05, 4.69) is 11.3 Å². The number of aromatic nitrogens is 4. The highest BCUT2D eigenvalue weighted by molar-refractivity contribution is 7.99. The van der Waals surface area contributed by atoms with Gasteiger partial charge in [0.25, 0.3) is 5.56 Å². The van der Waals surface area contributed by atoms with E-state index < -0.39 is 0 Å². The third-order valence-corrected chi connectivity index (χ3v) is 6.10. The van der Waals surface area contributed by atoms with Gasteiger partial charge in [-0.15, -0.1) is 0 Å². The van der Waals surface area contributed by atoms with Crippen molar-refractivity contribution in [2.24, 2.45) is 7.05 Å². The number of hydrogen-bond acceptors (Lipinski definition) is 4. The molecular weight excluding hydrogens is 344 g/mol. The van der Waals surface area contributed by atoms with Gasteiger partial charge in [0.1, 0.15) is 0 Å². The van der Waals surface area contributed by atoms with E-state index in [-0.39, 0.29) is 5.56 Å². The van der Waals surface area contributed by atoms with E-state index in [0.29, 0.717) is 6.04 Å². The number of fused-ring (bicyclic) bond motifs is 1. The first-order valence-corrected chi connectivity index (χ1v) is 10.3. The molecule has 1 aromatic carbocycles. The number of hydrogen-bond donors (Lipinski definition) is 0. The highest BCUT2D eigenvalue weighted by atomic mass is 32.2. The zero-order chi connectivity index (χ0) is 17.9. The molecule has 1 fully saturated rings. The lowest BCUT2D eigenvalue weighted by atomic mass is 10.2. The Morgan fingerprint density at radius 3 is 2.81 bits per heavy atom. The van der Waals surface area contributed by atoms with Crippen molar-refractivity contribution in [1.29, 1.82) is 0 Å². The maximum atomic E-state index is 13.1. The number of para-hydroxylation sites is 1. The van der Waals surface area contributed by atoms with E-state index in [1.165, 1.54) is 18.4 Å². The highest BCUT2D eigenvalue weighted by Gasteiger charge is 2.22. The van der Waals surface area contributed by atoms with Gasteiger partial charge in [-0.2, -0.15) is 5.10 Å². The fourth-order valence-electron chi connectivity index (χ4n) is 3.75. The molecule has 0 aliphatic heterocycles. The number of nitrogens with zero attached hydrogens (tertiary/aromatic N) is 4. The molecule has 0 atom stereocenters. The van der Waals surface area contributed by atoms with Gasteiger partial charge < -0.3 is 0 Å². The van der Waals surface area contributed by atoms with Crippen LogP contribution in [0.15, 0.2) is 46.6 Å². The third kappa shape index (κ3) is 3.56. The number of benzene rings is 1. The maximum Gasteiger partial charge on any atom is 0.262 e. The Bertz CT molecular complexity index is 956. The van der Waals surface area contributed by atoms with Gasteiger partial charge in [-0.1, -0.05) is 36.7 Å². The summed E-state index contributed by atoms with van der Waals surface area (Å²) in [6.45, 7) is 0. The topological polar surface area (TPSA) is 52.7 Å². The van der Waals surface area contributed by atoms with E-state index >= 15 is 0 Å². The Hall–Kier alpha value is -2.08. The first-order valence-electron chi connectivity index (χ1n) is 9.34. The van der Waals surface area contributed by atoms with Crippen LogP contribution in [-0.2, 0) is 13.5 Å². The molecule has 0 amide bonds. The molecule has 0 unspecified atom stereocenters. The van der Waals surface area contributed by atoms with Gasteiger partial charge in [0.05, 0.1) is 17.1 Å². The summed E-state index contributed by atoms with van der Waals surface area (Å²) in [4.78, 5) is 17.9. The largest absolute Gasteiger partial charge is 0.284 e. The molecule has 26 heavy (non-hydrogen) atoms. The summed E-state index contributed by atoms with van der Waals surface area (Å²) in [5, 5.41) is 5.83. The average Bonchev–Trinajstić information content (AvgIpc) is 3.31. The molecule has 1 aliphatic carbocycles. The molecule has 1 saturated carbocycles. The molecule has 5 nitrogen and oxygen atoms in total. The van der Waals surface area contributed by atoms with Crippen molar-refractivity contribution in [3.8, 4) is 0 Å². The Morgan fingerprint density at radius 2 is 2.04 bits per heavy atom. The van der Waals surface area contributed by atoms with Crippen LogP contribution in [0.4, 0.5) is 0 Å². The van der Waals surface area contributed by atoms with Crippen LogP contribution in [0, 0.1) is 0 Å². The summed E-state index contributed by atoms with van der Waals surface area (Å²) in [5.74, 6) is 0.951. The molecule has 1 aliphatic rings. The second-order valence-electron chi connectivity index (χ2n) is 7.00. The Morgan fingerprint density at radius 1 is 1.23 bits per heavy atom. The normalized spacial score (nSPS) is 15.1. The molecule has 0 spiro atoms. The van der Waals surface area contributed by atoms with Crippen molar-refractivity contribution in [1.82, 2.24) is 19.3 Å². The van der Waals surface area contributed by atoms with Gasteiger partial charge in [0.15, 0.2) is 5.16 Å². The second-order valence-corrected chi connectivity index (χ2v) is 8.06. The molecule has 0 bridgehead atoms. The minimum Gasteiger partial charge on any atom is -0.284 e. The van der Waals surface area contributed by atoms with Crippen LogP contribution in [0.2, 0.25) is 0 Å². The summed E-state index contributed by atoms with van der Waals surface area (Å²) in [6.07, 6.45) is 10.6. The van der Waals surface area contributed by atoms with Gasteiger partial charge >= 0.3 is 0 Å². The zero-order valence-electron chi connectivity index (χ0n) is 15.1. The lowest BCUT2D eigenvalue weighted by molar-refractivity contribution is 0.457. The van der Waals surface area contributed by atoms with Crippen molar-refractivity contribution in [3.05, 3.63) is 52.6 Å². The molecule has 2 aromatic heterocycles. The van der Waals surface area contributed by atoms with Crippen LogP contribution in [0.25, 0.3) is 10.9 Å². The molecule has 2 heterocycles. The van der Waals surface area contributed by atoms with Crippen LogP contribution in [0.1, 0.15) is 43.7 Å². The van der Waals surface area contributed by atoms with Gasteiger partial charge in [-0.3, -0.25) is 14.0 Å². The predicted octanol–water partition coefficient (Wildman–Crippen LogP) is 3.97. The minimum absolute atomic E-state index is 0.122. The molecular formula is C20H24N4OS. The summed E-state index contributed by atoms with van der Waals surface area (Å²) in [7, 11) is 1.94. The fraction of sp³-hybridized carbons (Fsp3) is 0.450. The summed E-state index contributed by atoms with van der Waals surface area (Å²) in [5.41, 5.74) is 2.19. The van der Waals surface area contributed by atoms with Crippen molar-refractivity contribution < 1.29 is 0 Å². The van der Waals surface area contributed by atoms with Gasteiger partial charge in [0, 0.05) is 25.0 Å². The predicted molar refractivity (Wildman–Crippen MR) is 106 cm³/mol. The number of thioether (sulfide) groups is 1. The summed E-state index contributed by atoms with van der Waals surface area (Å²) in [6, 6.07) is 8.01. The summed E-state index contributed by atoms with van der Waals surface area (Å²) >= 11 is 1.71. The van der Waals surface area contributed by atoms with Crippen molar-refractivity contribution in [2.75, 3.05) is 5.75 Å². The van der Waals surface area contributed by atoms with Crippen molar-refractivity contribution >= 4 is 22.7 Å². The lowest BCUT2D eigenvalue weighted by Gasteiger charge is -2.18. The van der Waals surface area contributed by atoms with Crippen LogP contribution >= 0.6 is 11.8 Å². The van der Waals surface area contributed by atoms with Crippen molar-refractivity contribution in [3.63, 3.8) is 0 Å². The standard InChI is InChI=1S/C20H24N4OS/c1-23-14-15(13-21-23)7-6-12-26-20-22-18-11-5-4-10-17(18)19(25)24(20)16-8-2-3-9-16/h4-5,10-11,13-14,16H,2-3,6-9,12H2,1H3. The quantitative estimate of drug-likeness (QED) is 0.375. The van der Waals surface area contributed by atoms with Crippen LogP contribution in [-0.4, -0.2) is 25.1 Å². The maximum absolute atomic E-state index is 13.1. The van der Waals surface area contributed by atoms with E-state index in [1.807, 2.05) is 46.8 Å². The monoisotopic (exact) mass is 368 g/mol. The third-order valence-electron chi connectivity index (χ3n) is 5.06. The first kappa shape index (κ1) is 17.3. The molecule has 6 heteroatoms. The second kappa shape index (κ2) is 7.66. The zero-order valence-corrected chi connectivity index (χ0v) is 15.9. The first-order chi connectivity index (χ1) is 12.7. The molecule has 136 valence electrons. The van der Waals surface area contributed by atoms with Crippen LogP contribution in [0.3, 0.4) is 0 Å². The molecule has 3 aromatic rings. The SMILES string of the molecule is Cn1cc(CCCSc2nc3ccccc3c(=O)n2C2CCCC2)cn1. The summed E-state index contributed by atoms with van der Waals surface area (Å²) < 4.78 is 3.81. The van der Waals surface area contributed by atoms with Crippen LogP contribution in [0.5, 0.6) is 0 Å².